The van der Waals surface area contributed by atoms with Crippen molar-refractivity contribution in [2.45, 2.75) is 12.7 Å². The van der Waals surface area contributed by atoms with Crippen LogP contribution < -0.4 is 10.0 Å². The number of urea groups is 1. The number of nitrogens with zero attached hydrogens (tertiary/aromatic N) is 1. The molecule has 114 valence electrons. The van der Waals surface area contributed by atoms with Crippen LogP contribution in [0.3, 0.4) is 0 Å². The number of sulfonamides is 1. The molecule has 1 aromatic rings. The number of rotatable bonds is 6. The maximum absolute atomic E-state index is 12.0. The van der Waals surface area contributed by atoms with E-state index in [9.17, 15) is 18.0 Å². The van der Waals surface area contributed by atoms with E-state index in [0.29, 0.717) is 0 Å². The van der Waals surface area contributed by atoms with Crippen LogP contribution in [-0.2, 0) is 20.6 Å². The van der Waals surface area contributed by atoms with Crippen molar-refractivity contribution < 1.29 is 18.0 Å². The highest BCUT2D eigenvalue weighted by molar-refractivity contribution is 7.88. The van der Waals surface area contributed by atoms with Crippen LogP contribution in [0.2, 0.25) is 0 Å². The van der Waals surface area contributed by atoms with E-state index in [0.717, 1.165) is 16.0 Å². The molecule has 7 nitrogen and oxygen atoms in total. The van der Waals surface area contributed by atoms with Gasteiger partial charge in [0.2, 0.25) is 15.9 Å². The first-order valence-electron chi connectivity index (χ1n) is 6.49. The summed E-state index contributed by atoms with van der Waals surface area (Å²) < 4.78 is 26.3. The first-order valence-corrected chi connectivity index (χ1v) is 8.14. The van der Waals surface area contributed by atoms with Gasteiger partial charge in [-0.05, 0) is 18.1 Å². The Kier molecular flexibility index (Phi) is 4.59. The van der Waals surface area contributed by atoms with Crippen molar-refractivity contribution in [1.82, 2.24) is 14.9 Å². The molecule has 1 saturated heterocycles. The van der Waals surface area contributed by atoms with Gasteiger partial charge in [-0.2, -0.15) is 0 Å². The molecule has 3 amide bonds. The molecule has 0 bridgehead atoms. The number of nitrogens with one attached hydrogen (secondary N) is 2. The maximum atomic E-state index is 12.0. The number of amides is 3. The van der Waals surface area contributed by atoms with Gasteiger partial charge in [0, 0.05) is 13.1 Å². The van der Waals surface area contributed by atoms with E-state index in [-0.39, 0.29) is 31.3 Å². The minimum Gasteiger partial charge on any atom is -0.329 e. The van der Waals surface area contributed by atoms with Gasteiger partial charge in [0.1, 0.15) is 0 Å². The van der Waals surface area contributed by atoms with E-state index in [1.54, 1.807) is 12.1 Å². The van der Waals surface area contributed by atoms with Crippen LogP contribution in [0.5, 0.6) is 0 Å². The first kappa shape index (κ1) is 15.5. The SMILES string of the molecule is Cc1ccccc1CS(=O)(=O)NCCN1C(=O)CNC1=O. The number of benzene rings is 1. The number of carbonyl (C=O) groups is 2. The molecule has 0 aromatic heterocycles. The van der Waals surface area contributed by atoms with Crippen LogP contribution in [-0.4, -0.2) is 44.9 Å². The number of carbonyl (C=O) groups excluding carboxylic acids is 2. The molecule has 2 rings (SSSR count). The molecule has 0 unspecified atom stereocenters. The minimum atomic E-state index is -3.50. The molecule has 1 aromatic carbocycles. The van der Waals surface area contributed by atoms with Crippen molar-refractivity contribution >= 4 is 22.0 Å². The minimum absolute atomic E-state index is 0.00732. The van der Waals surface area contributed by atoms with Crippen molar-refractivity contribution in [3.63, 3.8) is 0 Å². The smallest absolute Gasteiger partial charge is 0.324 e. The maximum Gasteiger partial charge on any atom is 0.324 e. The fraction of sp³-hybridized carbons (Fsp3) is 0.385. The standard InChI is InChI=1S/C13H17N3O4S/c1-10-4-2-3-5-11(10)9-21(19,20)15-6-7-16-12(17)8-14-13(16)18/h2-5,15H,6-9H2,1H3,(H,14,18). The second-order valence-corrected chi connectivity index (χ2v) is 6.59. The van der Waals surface area contributed by atoms with Crippen molar-refractivity contribution in [3.05, 3.63) is 35.4 Å². The van der Waals surface area contributed by atoms with E-state index >= 15 is 0 Å². The average molecular weight is 311 g/mol. The summed E-state index contributed by atoms with van der Waals surface area (Å²) in [4.78, 5) is 23.6. The second-order valence-electron chi connectivity index (χ2n) is 4.78. The molecule has 8 heteroatoms. The Morgan fingerprint density at radius 2 is 2.00 bits per heavy atom. The predicted octanol–water partition coefficient (Wildman–Crippen LogP) is -0.0338. The zero-order valence-corrected chi connectivity index (χ0v) is 12.4. The van der Waals surface area contributed by atoms with Crippen molar-refractivity contribution in [3.8, 4) is 0 Å². The monoisotopic (exact) mass is 311 g/mol. The summed E-state index contributed by atoms with van der Waals surface area (Å²) in [5, 5.41) is 2.37. The van der Waals surface area contributed by atoms with Gasteiger partial charge in [-0.15, -0.1) is 0 Å². The molecule has 0 radical (unpaired) electrons. The fourth-order valence-corrected chi connectivity index (χ4v) is 3.26. The van der Waals surface area contributed by atoms with Crippen LogP contribution in [0.25, 0.3) is 0 Å². The Morgan fingerprint density at radius 1 is 1.29 bits per heavy atom. The summed E-state index contributed by atoms with van der Waals surface area (Å²) in [6, 6.07) is 6.74. The lowest BCUT2D eigenvalue weighted by atomic mass is 10.1. The highest BCUT2D eigenvalue weighted by Gasteiger charge is 2.28. The Labute approximate surface area is 123 Å². The molecule has 0 atom stereocenters. The Hall–Kier alpha value is -1.93. The van der Waals surface area contributed by atoms with E-state index in [2.05, 4.69) is 10.0 Å². The van der Waals surface area contributed by atoms with Gasteiger partial charge in [0.25, 0.3) is 0 Å². The molecule has 21 heavy (non-hydrogen) atoms. The van der Waals surface area contributed by atoms with E-state index in [4.69, 9.17) is 0 Å². The Balaban J connectivity index is 1.89. The normalized spacial score (nSPS) is 15.4. The lowest BCUT2D eigenvalue weighted by Crippen LogP contribution is -2.39. The molecule has 1 heterocycles. The summed E-state index contributed by atoms with van der Waals surface area (Å²) in [6.45, 7) is 1.85. The molecule has 1 fully saturated rings. The van der Waals surface area contributed by atoms with E-state index in [1.807, 2.05) is 19.1 Å². The quantitative estimate of drug-likeness (QED) is 0.721. The number of hydrogen-bond acceptors (Lipinski definition) is 4. The van der Waals surface area contributed by atoms with Crippen molar-refractivity contribution in [1.29, 1.82) is 0 Å². The van der Waals surface area contributed by atoms with Gasteiger partial charge in [0.15, 0.2) is 0 Å². The van der Waals surface area contributed by atoms with Crippen LogP contribution in [0.15, 0.2) is 24.3 Å². The molecule has 0 aliphatic carbocycles. The summed E-state index contributed by atoms with van der Waals surface area (Å²) in [5.74, 6) is -0.474. The number of hydrogen-bond donors (Lipinski definition) is 2. The van der Waals surface area contributed by atoms with Gasteiger partial charge < -0.3 is 5.32 Å². The van der Waals surface area contributed by atoms with Crippen molar-refractivity contribution in [2.75, 3.05) is 19.6 Å². The van der Waals surface area contributed by atoms with Gasteiger partial charge >= 0.3 is 6.03 Å². The van der Waals surface area contributed by atoms with Crippen LogP contribution in [0, 0.1) is 6.92 Å². The van der Waals surface area contributed by atoms with Gasteiger partial charge in [-0.1, -0.05) is 24.3 Å². The topological polar surface area (TPSA) is 95.6 Å². The predicted molar refractivity (Wildman–Crippen MR) is 76.9 cm³/mol. The van der Waals surface area contributed by atoms with Crippen LogP contribution in [0.1, 0.15) is 11.1 Å². The molecule has 0 saturated carbocycles. The van der Waals surface area contributed by atoms with Gasteiger partial charge in [0.05, 0.1) is 12.3 Å². The molecule has 1 aliphatic rings. The molecule has 1 aliphatic heterocycles. The van der Waals surface area contributed by atoms with Crippen molar-refractivity contribution in [2.24, 2.45) is 0 Å². The molecular formula is C13H17N3O4S. The average Bonchev–Trinajstić information content (AvgIpc) is 2.73. The third kappa shape index (κ3) is 4.02. The zero-order chi connectivity index (χ0) is 15.5. The Bertz CT molecular complexity index is 641. The fourth-order valence-electron chi connectivity index (χ4n) is 2.02. The Morgan fingerprint density at radius 3 is 2.62 bits per heavy atom. The van der Waals surface area contributed by atoms with Gasteiger partial charge in [-0.3, -0.25) is 9.69 Å². The largest absolute Gasteiger partial charge is 0.329 e. The third-order valence-electron chi connectivity index (χ3n) is 3.20. The molecular weight excluding hydrogens is 294 g/mol. The zero-order valence-electron chi connectivity index (χ0n) is 11.6. The number of imide groups is 1. The summed E-state index contributed by atoms with van der Waals surface area (Å²) in [6.07, 6.45) is 0. The highest BCUT2D eigenvalue weighted by Crippen LogP contribution is 2.10. The first-order chi connectivity index (χ1) is 9.89. The molecule has 0 spiro atoms. The lowest BCUT2D eigenvalue weighted by Gasteiger charge is -2.13. The third-order valence-corrected chi connectivity index (χ3v) is 4.54. The van der Waals surface area contributed by atoms with Gasteiger partial charge in [-0.25, -0.2) is 17.9 Å². The molecule has 2 N–H and O–H groups in total. The lowest BCUT2D eigenvalue weighted by molar-refractivity contribution is -0.124. The van der Waals surface area contributed by atoms with Crippen LogP contribution >= 0.6 is 0 Å². The highest BCUT2D eigenvalue weighted by atomic mass is 32.2. The van der Waals surface area contributed by atoms with Crippen LogP contribution in [0.4, 0.5) is 4.79 Å². The number of aryl methyl sites for hydroxylation is 1. The summed E-state index contributed by atoms with van der Waals surface area (Å²) in [7, 11) is -3.50. The van der Waals surface area contributed by atoms with E-state index < -0.39 is 16.1 Å². The summed E-state index contributed by atoms with van der Waals surface area (Å²) in [5.41, 5.74) is 1.62. The summed E-state index contributed by atoms with van der Waals surface area (Å²) >= 11 is 0. The second kappa shape index (κ2) is 6.23. The van der Waals surface area contributed by atoms with E-state index in [1.165, 1.54) is 0 Å².